The van der Waals surface area contributed by atoms with E-state index in [1.54, 1.807) is 48.9 Å². The molecule has 0 atom stereocenters. The van der Waals surface area contributed by atoms with Crippen molar-refractivity contribution >= 4 is 22.5 Å². The van der Waals surface area contributed by atoms with Gasteiger partial charge in [-0.2, -0.15) is 0 Å². The topological polar surface area (TPSA) is 73.2 Å². The number of carbonyl (C=O) groups is 1. The highest BCUT2D eigenvalue weighted by Gasteiger charge is 2.38. The number of hydrogen-bond acceptors (Lipinski definition) is 6. The van der Waals surface area contributed by atoms with Crippen molar-refractivity contribution in [1.29, 1.82) is 0 Å². The largest absolute Gasteiger partial charge is 1.00 e. The Morgan fingerprint density at radius 1 is 0.827 bits per heavy atom. The lowest BCUT2D eigenvalue weighted by atomic mass is 10.0. The van der Waals surface area contributed by atoms with Gasteiger partial charge in [0.15, 0.2) is 0 Å². The smallest absolute Gasteiger partial charge is 0.263 e. The van der Waals surface area contributed by atoms with Gasteiger partial charge in [0, 0.05) is 79.3 Å². The van der Waals surface area contributed by atoms with Crippen molar-refractivity contribution in [3.8, 4) is 22.9 Å². The van der Waals surface area contributed by atoms with Crippen molar-refractivity contribution in [2.45, 2.75) is 20.1 Å². The van der Waals surface area contributed by atoms with E-state index in [0.29, 0.717) is 35.1 Å². The normalized spacial score (nSPS) is 17.8. The molecule has 0 aliphatic carbocycles. The molecule has 4 aromatic carbocycles. The number of benzene rings is 4. The molecule has 5 aromatic rings. The summed E-state index contributed by atoms with van der Waals surface area (Å²) in [5.74, 6) is -0.805. The summed E-state index contributed by atoms with van der Waals surface area (Å²) in [4.78, 5) is 31.7. The molecule has 1 aromatic heterocycles. The zero-order valence-electron chi connectivity index (χ0n) is 29.4. The fourth-order valence-electron chi connectivity index (χ4n) is 7.32. The van der Waals surface area contributed by atoms with Crippen LogP contribution in [0.1, 0.15) is 28.4 Å². The number of halogens is 3. The summed E-state index contributed by atoms with van der Waals surface area (Å²) in [7, 11) is 3.09. The Kier molecular flexibility index (Phi) is 11.0. The predicted molar refractivity (Wildman–Crippen MR) is 192 cm³/mol. The van der Waals surface area contributed by atoms with Gasteiger partial charge >= 0.3 is 0 Å². The van der Waals surface area contributed by atoms with E-state index in [4.69, 9.17) is 14.2 Å². The number of nitrogens with zero attached hydrogens (tertiary/aromatic N) is 4. The lowest BCUT2D eigenvalue weighted by molar-refractivity contribution is -0.953. The number of quaternary nitrogens is 1. The van der Waals surface area contributed by atoms with Crippen LogP contribution in [0.2, 0.25) is 0 Å². The first kappa shape index (κ1) is 37.0. The number of carbonyl (C=O) groups excluding carboxylic acids is 1. The Morgan fingerprint density at radius 3 is 2.13 bits per heavy atom. The number of hydrogen-bond donors (Lipinski definition) is 0. The van der Waals surface area contributed by atoms with E-state index in [2.05, 4.69) is 23.1 Å². The van der Waals surface area contributed by atoms with E-state index < -0.39 is 23.0 Å². The van der Waals surface area contributed by atoms with Crippen molar-refractivity contribution < 1.29 is 49.3 Å². The van der Waals surface area contributed by atoms with Gasteiger partial charge in [0.1, 0.15) is 47.6 Å². The summed E-state index contributed by atoms with van der Waals surface area (Å²) >= 11 is 0. The van der Waals surface area contributed by atoms with Crippen LogP contribution in [-0.2, 0) is 13.2 Å². The molecule has 9 nitrogen and oxygen atoms in total. The van der Waals surface area contributed by atoms with Gasteiger partial charge in [-0.05, 0) is 36.8 Å². The average Bonchev–Trinajstić information content (AvgIpc) is 3.14. The van der Waals surface area contributed by atoms with Crippen molar-refractivity contribution in [2.75, 3.05) is 64.9 Å². The van der Waals surface area contributed by atoms with Crippen LogP contribution in [0.15, 0.2) is 89.9 Å². The first-order chi connectivity index (χ1) is 24.7. The molecule has 0 unspecified atom stereocenters. The molecule has 3 saturated heterocycles. The van der Waals surface area contributed by atoms with E-state index in [9.17, 15) is 18.4 Å². The van der Waals surface area contributed by atoms with Gasteiger partial charge in [-0.1, -0.05) is 24.3 Å². The minimum absolute atomic E-state index is 0. The van der Waals surface area contributed by atoms with Gasteiger partial charge in [-0.15, -0.1) is 0 Å². The van der Waals surface area contributed by atoms with Crippen LogP contribution in [0.4, 0.5) is 14.5 Å². The molecular weight excluding hydrogens is 734 g/mol. The van der Waals surface area contributed by atoms with Crippen LogP contribution in [-0.4, -0.2) is 79.9 Å². The quantitative estimate of drug-likeness (QED) is 0.192. The Balaban J connectivity index is 0.00000464. The molecule has 0 spiro atoms. The number of piperazine rings is 3. The SMILES string of the molecule is CCN(C(=O)c1cn(-c2cc(OC)cc(OCc3ccccc3C[N+]34CCN(CC3)CC4)c2)c2cc(OC)ccc2c1=O)c1cc(F)cc(F)c1.[Br-]. The van der Waals surface area contributed by atoms with E-state index in [1.807, 2.05) is 12.1 Å². The summed E-state index contributed by atoms with van der Waals surface area (Å²) < 4.78 is 48.8. The zero-order chi connectivity index (χ0) is 35.7. The number of methoxy groups -OCH3 is 2. The first-order valence-electron chi connectivity index (χ1n) is 17.2. The molecule has 2 bridgehead atoms. The Labute approximate surface area is 311 Å². The number of rotatable bonds is 11. The molecule has 3 aliphatic heterocycles. The van der Waals surface area contributed by atoms with Gasteiger partial charge in [-0.3, -0.25) is 14.5 Å². The second-order valence-corrected chi connectivity index (χ2v) is 13.2. The maximum absolute atomic E-state index is 14.2. The van der Waals surface area contributed by atoms with Gasteiger partial charge in [0.2, 0.25) is 5.43 Å². The molecule has 0 saturated carbocycles. The van der Waals surface area contributed by atoms with Crippen LogP contribution in [0.3, 0.4) is 0 Å². The number of aromatic nitrogens is 1. The van der Waals surface area contributed by atoms with Crippen LogP contribution in [0.25, 0.3) is 16.6 Å². The van der Waals surface area contributed by atoms with E-state index in [-0.39, 0.29) is 40.2 Å². The maximum Gasteiger partial charge on any atom is 0.263 e. The van der Waals surface area contributed by atoms with Crippen molar-refractivity contribution in [2.24, 2.45) is 0 Å². The van der Waals surface area contributed by atoms with Gasteiger partial charge in [-0.25, -0.2) is 8.78 Å². The number of ether oxygens (including phenoxy) is 3. The lowest BCUT2D eigenvalue weighted by Crippen LogP contribution is -3.00. The molecular formula is C40H41BrF2N4O5. The van der Waals surface area contributed by atoms with E-state index >= 15 is 0 Å². The fraction of sp³-hybridized carbons (Fsp3) is 0.300. The number of amides is 1. The average molecular weight is 776 g/mol. The Bertz CT molecular complexity index is 2130. The Morgan fingerprint density at radius 2 is 1.48 bits per heavy atom. The van der Waals surface area contributed by atoms with Crippen molar-refractivity contribution in [3.63, 3.8) is 0 Å². The van der Waals surface area contributed by atoms with Crippen LogP contribution in [0.5, 0.6) is 17.2 Å². The summed E-state index contributed by atoms with van der Waals surface area (Å²) in [5.41, 5.74) is 2.74. The highest BCUT2D eigenvalue weighted by Crippen LogP contribution is 2.31. The summed E-state index contributed by atoms with van der Waals surface area (Å²) in [6, 6.07) is 21.7. The monoisotopic (exact) mass is 774 g/mol. The molecule has 52 heavy (non-hydrogen) atoms. The third-order valence-corrected chi connectivity index (χ3v) is 10.2. The number of fused-ring (bicyclic) bond motifs is 4. The molecule has 3 fully saturated rings. The molecule has 12 heteroatoms. The second-order valence-electron chi connectivity index (χ2n) is 13.2. The highest BCUT2D eigenvalue weighted by molar-refractivity contribution is 6.07. The lowest BCUT2D eigenvalue weighted by Gasteiger charge is -2.50. The first-order valence-corrected chi connectivity index (χ1v) is 17.2. The minimum atomic E-state index is -0.830. The summed E-state index contributed by atoms with van der Waals surface area (Å²) in [6.07, 6.45) is 1.45. The van der Waals surface area contributed by atoms with Gasteiger partial charge in [0.05, 0.1) is 45.1 Å². The van der Waals surface area contributed by atoms with Gasteiger partial charge < -0.3 is 45.1 Å². The molecule has 1 amide bonds. The predicted octanol–water partition coefficient (Wildman–Crippen LogP) is 3.18. The van der Waals surface area contributed by atoms with Crippen molar-refractivity contribution in [1.82, 2.24) is 9.47 Å². The van der Waals surface area contributed by atoms with Crippen molar-refractivity contribution in [3.05, 3.63) is 124 Å². The van der Waals surface area contributed by atoms with Crippen LogP contribution < -0.4 is 41.5 Å². The number of anilines is 1. The third-order valence-electron chi connectivity index (χ3n) is 10.2. The maximum atomic E-state index is 14.2. The second kappa shape index (κ2) is 15.4. The molecule has 0 radical (unpaired) electrons. The summed E-state index contributed by atoms with van der Waals surface area (Å²) in [5, 5.41) is 0.258. The van der Waals surface area contributed by atoms with Gasteiger partial charge in [0.25, 0.3) is 5.91 Å². The molecule has 272 valence electrons. The molecule has 8 rings (SSSR count). The zero-order valence-corrected chi connectivity index (χ0v) is 31.0. The standard InChI is InChI=1S/C40H41F2N4O5.BrH/c1-4-44(31-18-29(41)17-30(42)19-31)40(48)37-24-45(38-23-33(49-2)9-10-36(38)39(37)47)32-20-34(50-3)22-35(21-32)51-26-28-8-6-5-7-27(28)25-46-14-11-43(12-15-46)13-16-46;/h5-10,17-24H,4,11-16,25-26H2,1-3H3;1H/q+1;/p-1. The molecule has 3 aliphatic rings. The Hall–Kier alpha value is -4.78. The fourth-order valence-corrected chi connectivity index (χ4v) is 7.32. The third kappa shape index (κ3) is 7.41. The summed E-state index contributed by atoms with van der Waals surface area (Å²) in [6.45, 7) is 9.95. The highest BCUT2D eigenvalue weighted by atomic mass is 79.9. The number of pyridine rings is 1. The van der Waals surface area contributed by atoms with E-state index in [0.717, 1.165) is 74.1 Å². The van der Waals surface area contributed by atoms with Crippen LogP contribution in [0, 0.1) is 11.6 Å². The minimum Gasteiger partial charge on any atom is -1.00 e. The van der Waals surface area contributed by atoms with E-state index in [1.165, 1.54) is 23.8 Å². The molecule has 4 heterocycles. The van der Waals surface area contributed by atoms with Crippen LogP contribution >= 0.6 is 0 Å². The molecule has 0 N–H and O–H groups in total.